The number of rotatable bonds is 3. The van der Waals surface area contributed by atoms with E-state index in [1.807, 2.05) is 0 Å². The third-order valence-electron chi connectivity index (χ3n) is 2.55. The number of carbonyl (C=O) groups is 2. The normalized spacial score (nSPS) is 37.0. The molecule has 1 aliphatic carbocycles. The van der Waals surface area contributed by atoms with Crippen molar-refractivity contribution in [2.45, 2.75) is 25.0 Å². The first kappa shape index (κ1) is 10.9. The molecule has 0 radical (unpaired) electrons. The zero-order valence-electron chi connectivity index (χ0n) is 7.33. The van der Waals surface area contributed by atoms with Crippen LogP contribution >= 0.6 is 0 Å². The Kier molecular flexibility index (Phi) is 3.07. The van der Waals surface area contributed by atoms with Gasteiger partial charge in [0.05, 0.1) is 24.5 Å². The minimum Gasteiger partial charge on any atom is -0.481 e. The SMILES string of the molecule is O=C(O)CC1C(O)CC(O)C1C(=O)O. The lowest BCUT2D eigenvalue weighted by atomic mass is 9.91. The van der Waals surface area contributed by atoms with Crippen molar-refractivity contribution in [3.8, 4) is 0 Å². The maximum atomic E-state index is 10.7. The van der Waals surface area contributed by atoms with E-state index >= 15 is 0 Å². The number of carboxylic acids is 2. The number of aliphatic hydroxyl groups excluding tert-OH is 2. The molecule has 4 N–H and O–H groups in total. The molecule has 4 unspecified atom stereocenters. The zero-order chi connectivity index (χ0) is 10.9. The number of carboxylic acid groups (broad SMARTS) is 2. The van der Waals surface area contributed by atoms with Crippen molar-refractivity contribution in [2.24, 2.45) is 11.8 Å². The van der Waals surface area contributed by atoms with Crippen molar-refractivity contribution in [1.82, 2.24) is 0 Å². The predicted octanol–water partition coefficient (Wildman–Crippen LogP) is -1.10. The van der Waals surface area contributed by atoms with Gasteiger partial charge in [-0.3, -0.25) is 9.59 Å². The Morgan fingerprint density at radius 3 is 2.14 bits per heavy atom. The molecule has 0 heterocycles. The highest BCUT2D eigenvalue weighted by atomic mass is 16.4. The van der Waals surface area contributed by atoms with Crippen LogP contribution in [-0.2, 0) is 9.59 Å². The molecule has 0 aromatic rings. The van der Waals surface area contributed by atoms with Gasteiger partial charge in [-0.25, -0.2) is 0 Å². The van der Waals surface area contributed by atoms with Crippen LogP contribution in [0, 0.1) is 11.8 Å². The molecule has 4 atom stereocenters. The summed E-state index contributed by atoms with van der Waals surface area (Å²) in [5, 5.41) is 35.8. The number of hydrogen-bond donors (Lipinski definition) is 4. The van der Waals surface area contributed by atoms with Crippen LogP contribution in [0.5, 0.6) is 0 Å². The Morgan fingerprint density at radius 1 is 1.14 bits per heavy atom. The molecule has 1 rings (SSSR count). The first-order chi connectivity index (χ1) is 6.43. The van der Waals surface area contributed by atoms with Gasteiger partial charge < -0.3 is 20.4 Å². The summed E-state index contributed by atoms with van der Waals surface area (Å²) in [6, 6.07) is 0. The highest BCUT2D eigenvalue weighted by Crippen LogP contribution is 2.35. The topological polar surface area (TPSA) is 115 Å². The van der Waals surface area contributed by atoms with Gasteiger partial charge in [0.1, 0.15) is 0 Å². The first-order valence-electron chi connectivity index (χ1n) is 4.24. The molecule has 1 fully saturated rings. The van der Waals surface area contributed by atoms with E-state index in [4.69, 9.17) is 10.2 Å². The zero-order valence-corrected chi connectivity index (χ0v) is 7.33. The summed E-state index contributed by atoms with van der Waals surface area (Å²) in [5.74, 6) is -4.52. The molecule has 0 spiro atoms. The second-order valence-corrected chi connectivity index (χ2v) is 3.50. The van der Waals surface area contributed by atoms with Crippen molar-refractivity contribution in [2.75, 3.05) is 0 Å². The molecule has 0 aromatic carbocycles. The van der Waals surface area contributed by atoms with Crippen LogP contribution < -0.4 is 0 Å². The first-order valence-corrected chi connectivity index (χ1v) is 4.24. The molecule has 1 aliphatic rings. The average Bonchev–Trinajstić information content (AvgIpc) is 2.25. The summed E-state index contributed by atoms with van der Waals surface area (Å²) in [6.07, 6.45) is -2.72. The maximum absolute atomic E-state index is 10.7. The summed E-state index contributed by atoms with van der Waals surface area (Å²) < 4.78 is 0. The molecule has 0 bridgehead atoms. The Balaban J connectivity index is 2.78. The van der Waals surface area contributed by atoms with Gasteiger partial charge in [-0.2, -0.15) is 0 Å². The van der Waals surface area contributed by atoms with E-state index in [0.717, 1.165) is 0 Å². The van der Waals surface area contributed by atoms with Crippen molar-refractivity contribution in [3.63, 3.8) is 0 Å². The van der Waals surface area contributed by atoms with E-state index in [1.165, 1.54) is 0 Å². The van der Waals surface area contributed by atoms with Crippen LogP contribution in [0.4, 0.5) is 0 Å². The van der Waals surface area contributed by atoms with E-state index in [2.05, 4.69) is 0 Å². The second kappa shape index (κ2) is 3.93. The summed E-state index contributed by atoms with van der Waals surface area (Å²) in [6.45, 7) is 0. The fourth-order valence-electron chi connectivity index (χ4n) is 1.91. The van der Waals surface area contributed by atoms with E-state index in [0.29, 0.717) is 0 Å². The van der Waals surface area contributed by atoms with Gasteiger partial charge in [0.15, 0.2) is 0 Å². The third kappa shape index (κ3) is 2.02. The Hall–Kier alpha value is -1.14. The Labute approximate surface area is 79.8 Å². The van der Waals surface area contributed by atoms with Gasteiger partial charge in [0.2, 0.25) is 0 Å². The van der Waals surface area contributed by atoms with Crippen molar-refractivity contribution in [3.05, 3.63) is 0 Å². The van der Waals surface area contributed by atoms with Crippen LogP contribution in [0.15, 0.2) is 0 Å². The Bertz CT molecular complexity index is 250. The molecular weight excluding hydrogens is 192 g/mol. The number of aliphatic hydroxyl groups is 2. The second-order valence-electron chi connectivity index (χ2n) is 3.50. The lowest BCUT2D eigenvalue weighted by Gasteiger charge is -2.17. The average molecular weight is 204 g/mol. The van der Waals surface area contributed by atoms with Crippen molar-refractivity contribution >= 4 is 11.9 Å². The van der Waals surface area contributed by atoms with Gasteiger partial charge in [-0.15, -0.1) is 0 Å². The van der Waals surface area contributed by atoms with Crippen LogP contribution in [0.2, 0.25) is 0 Å². The highest BCUT2D eigenvalue weighted by molar-refractivity contribution is 5.74. The number of hydrogen-bond acceptors (Lipinski definition) is 4. The van der Waals surface area contributed by atoms with E-state index in [-0.39, 0.29) is 6.42 Å². The monoisotopic (exact) mass is 204 g/mol. The lowest BCUT2D eigenvalue weighted by Crippen LogP contribution is -2.31. The minimum atomic E-state index is -1.26. The van der Waals surface area contributed by atoms with Crippen LogP contribution in [0.3, 0.4) is 0 Å². The lowest BCUT2D eigenvalue weighted by molar-refractivity contribution is -0.148. The Morgan fingerprint density at radius 2 is 1.71 bits per heavy atom. The highest BCUT2D eigenvalue weighted by Gasteiger charge is 2.46. The van der Waals surface area contributed by atoms with Crippen LogP contribution in [0.25, 0.3) is 0 Å². The van der Waals surface area contributed by atoms with E-state index in [9.17, 15) is 19.8 Å². The summed E-state index contributed by atoms with van der Waals surface area (Å²) in [5.41, 5.74) is 0. The third-order valence-corrected chi connectivity index (χ3v) is 2.55. The van der Waals surface area contributed by atoms with E-state index < -0.39 is 42.4 Å². The minimum absolute atomic E-state index is 0.0745. The molecule has 6 heteroatoms. The predicted molar refractivity (Wildman–Crippen MR) is 43.5 cm³/mol. The summed E-state index contributed by atoms with van der Waals surface area (Å²) in [7, 11) is 0. The smallest absolute Gasteiger partial charge is 0.309 e. The molecule has 0 aliphatic heterocycles. The fourth-order valence-corrected chi connectivity index (χ4v) is 1.91. The standard InChI is InChI=1S/C8H12O6/c9-4-2-5(10)7(8(13)14)3(4)1-6(11)12/h3-5,7,9-10H,1-2H2,(H,11,12)(H,13,14). The molecule has 0 saturated heterocycles. The van der Waals surface area contributed by atoms with Gasteiger partial charge in [-0.05, 0) is 0 Å². The summed E-state index contributed by atoms with van der Waals surface area (Å²) in [4.78, 5) is 21.1. The van der Waals surface area contributed by atoms with E-state index in [1.54, 1.807) is 0 Å². The van der Waals surface area contributed by atoms with Crippen molar-refractivity contribution in [1.29, 1.82) is 0 Å². The molecule has 0 amide bonds. The molecule has 14 heavy (non-hydrogen) atoms. The van der Waals surface area contributed by atoms with Gasteiger partial charge in [0.25, 0.3) is 0 Å². The summed E-state index contributed by atoms with van der Waals surface area (Å²) >= 11 is 0. The molecule has 1 saturated carbocycles. The van der Waals surface area contributed by atoms with Gasteiger partial charge >= 0.3 is 11.9 Å². The molecule has 0 aromatic heterocycles. The van der Waals surface area contributed by atoms with Gasteiger partial charge in [-0.1, -0.05) is 0 Å². The largest absolute Gasteiger partial charge is 0.481 e. The van der Waals surface area contributed by atoms with Crippen LogP contribution in [-0.4, -0.2) is 44.6 Å². The van der Waals surface area contributed by atoms with Crippen molar-refractivity contribution < 1.29 is 30.0 Å². The van der Waals surface area contributed by atoms with Gasteiger partial charge in [0, 0.05) is 12.3 Å². The maximum Gasteiger partial charge on any atom is 0.309 e. The quantitative estimate of drug-likeness (QED) is 0.464. The molecular formula is C8H12O6. The number of aliphatic carboxylic acids is 2. The fraction of sp³-hybridized carbons (Fsp3) is 0.750. The van der Waals surface area contributed by atoms with Crippen LogP contribution in [0.1, 0.15) is 12.8 Å². The molecule has 80 valence electrons. The molecule has 6 nitrogen and oxygen atoms in total.